The van der Waals surface area contributed by atoms with Crippen molar-refractivity contribution < 1.29 is 14.6 Å². The predicted octanol–water partition coefficient (Wildman–Crippen LogP) is 3.04. The standard InChI is InChI=1S/C16H14N2O3/c1-10-8-11(21-2)6-7-14(10)18-9-17-13-5-3-4-12(15(13)18)16(19)20/h3-9H,1-2H3,(H,19,20). The van der Waals surface area contributed by atoms with Crippen LogP contribution in [-0.2, 0) is 0 Å². The average Bonchev–Trinajstić information content (AvgIpc) is 2.90. The third-order valence-electron chi connectivity index (χ3n) is 3.46. The van der Waals surface area contributed by atoms with E-state index in [9.17, 15) is 9.90 Å². The van der Waals surface area contributed by atoms with Crippen molar-refractivity contribution in [3.63, 3.8) is 0 Å². The van der Waals surface area contributed by atoms with E-state index >= 15 is 0 Å². The molecule has 3 aromatic rings. The van der Waals surface area contributed by atoms with Crippen molar-refractivity contribution in [2.24, 2.45) is 0 Å². The van der Waals surface area contributed by atoms with Crippen LogP contribution >= 0.6 is 0 Å². The van der Waals surface area contributed by atoms with Gasteiger partial charge in [-0.15, -0.1) is 0 Å². The molecule has 1 aromatic heterocycles. The maximum atomic E-state index is 11.4. The number of ether oxygens (including phenoxy) is 1. The van der Waals surface area contributed by atoms with E-state index in [1.807, 2.05) is 25.1 Å². The van der Waals surface area contributed by atoms with Crippen molar-refractivity contribution >= 4 is 17.0 Å². The highest BCUT2D eigenvalue weighted by Gasteiger charge is 2.15. The minimum absolute atomic E-state index is 0.236. The van der Waals surface area contributed by atoms with Crippen LogP contribution < -0.4 is 4.74 Å². The van der Waals surface area contributed by atoms with Crippen molar-refractivity contribution in [2.45, 2.75) is 6.92 Å². The zero-order valence-corrected chi connectivity index (χ0v) is 11.7. The van der Waals surface area contributed by atoms with E-state index in [2.05, 4.69) is 4.98 Å². The summed E-state index contributed by atoms with van der Waals surface area (Å²) in [7, 11) is 1.61. The number of rotatable bonds is 3. The van der Waals surface area contributed by atoms with Gasteiger partial charge in [-0.25, -0.2) is 9.78 Å². The van der Waals surface area contributed by atoms with Gasteiger partial charge in [-0.2, -0.15) is 0 Å². The van der Waals surface area contributed by atoms with Crippen molar-refractivity contribution in [3.05, 3.63) is 53.9 Å². The fraction of sp³-hybridized carbons (Fsp3) is 0.125. The Balaban J connectivity index is 2.28. The van der Waals surface area contributed by atoms with Crippen molar-refractivity contribution in [1.82, 2.24) is 9.55 Å². The van der Waals surface area contributed by atoms with Gasteiger partial charge in [0.15, 0.2) is 0 Å². The summed E-state index contributed by atoms with van der Waals surface area (Å²) in [6, 6.07) is 10.7. The first-order valence-electron chi connectivity index (χ1n) is 6.46. The van der Waals surface area contributed by atoms with Gasteiger partial charge in [0, 0.05) is 0 Å². The highest BCUT2D eigenvalue weighted by Crippen LogP contribution is 2.26. The zero-order chi connectivity index (χ0) is 15.0. The van der Waals surface area contributed by atoms with Gasteiger partial charge >= 0.3 is 5.97 Å². The number of imidazole rings is 1. The molecule has 0 spiro atoms. The molecule has 1 N–H and O–H groups in total. The lowest BCUT2D eigenvalue weighted by Crippen LogP contribution is -2.03. The molecule has 0 fully saturated rings. The van der Waals surface area contributed by atoms with Crippen LogP contribution in [0.4, 0.5) is 0 Å². The molecule has 0 bridgehead atoms. The normalized spacial score (nSPS) is 10.8. The van der Waals surface area contributed by atoms with E-state index in [0.717, 1.165) is 17.0 Å². The molecule has 0 aliphatic carbocycles. The van der Waals surface area contributed by atoms with E-state index in [1.54, 1.807) is 36.2 Å². The molecular formula is C16H14N2O3. The quantitative estimate of drug-likeness (QED) is 0.802. The van der Waals surface area contributed by atoms with E-state index in [-0.39, 0.29) is 5.56 Å². The first-order chi connectivity index (χ1) is 10.1. The number of nitrogens with zero attached hydrogens (tertiary/aromatic N) is 2. The molecule has 2 aromatic carbocycles. The number of aryl methyl sites for hydroxylation is 1. The molecule has 0 radical (unpaired) electrons. The number of fused-ring (bicyclic) bond motifs is 1. The minimum Gasteiger partial charge on any atom is -0.497 e. The molecule has 0 amide bonds. The van der Waals surface area contributed by atoms with Gasteiger partial charge in [0.1, 0.15) is 12.1 Å². The van der Waals surface area contributed by atoms with Crippen LogP contribution in [0.5, 0.6) is 5.75 Å². The van der Waals surface area contributed by atoms with Gasteiger partial charge in [-0.05, 0) is 42.8 Å². The molecule has 5 nitrogen and oxygen atoms in total. The van der Waals surface area contributed by atoms with E-state index in [4.69, 9.17) is 4.74 Å². The average molecular weight is 282 g/mol. The third kappa shape index (κ3) is 2.12. The summed E-state index contributed by atoms with van der Waals surface area (Å²) in [5, 5.41) is 9.36. The second-order valence-electron chi connectivity index (χ2n) is 4.75. The SMILES string of the molecule is COc1ccc(-n2cnc3cccc(C(=O)O)c32)c(C)c1. The second kappa shape index (κ2) is 4.94. The molecular weight excluding hydrogens is 268 g/mol. The van der Waals surface area contributed by atoms with Crippen molar-refractivity contribution in [2.75, 3.05) is 7.11 Å². The monoisotopic (exact) mass is 282 g/mol. The Morgan fingerprint density at radius 1 is 1.29 bits per heavy atom. The Labute approximate surface area is 121 Å². The number of carbonyl (C=O) groups is 1. The van der Waals surface area contributed by atoms with Crippen molar-refractivity contribution in [3.8, 4) is 11.4 Å². The zero-order valence-electron chi connectivity index (χ0n) is 11.7. The van der Waals surface area contributed by atoms with E-state index in [1.165, 1.54) is 0 Å². The second-order valence-corrected chi connectivity index (χ2v) is 4.75. The molecule has 0 saturated heterocycles. The van der Waals surface area contributed by atoms with Crippen LogP contribution in [0.1, 0.15) is 15.9 Å². The number of para-hydroxylation sites is 1. The number of aromatic carboxylic acids is 1. The Hall–Kier alpha value is -2.82. The van der Waals surface area contributed by atoms with Gasteiger partial charge in [-0.3, -0.25) is 4.57 Å². The molecule has 0 aliphatic heterocycles. The summed E-state index contributed by atoms with van der Waals surface area (Å²) in [5.74, 6) is -0.201. The minimum atomic E-state index is -0.964. The van der Waals surface area contributed by atoms with Crippen molar-refractivity contribution in [1.29, 1.82) is 0 Å². The fourth-order valence-corrected chi connectivity index (χ4v) is 2.45. The van der Waals surface area contributed by atoms with Gasteiger partial charge in [0.2, 0.25) is 0 Å². The number of carboxylic acids is 1. The Kier molecular flexibility index (Phi) is 3.10. The number of benzene rings is 2. The van der Waals surface area contributed by atoms with E-state index in [0.29, 0.717) is 11.0 Å². The smallest absolute Gasteiger partial charge is 0.337 e. The fourth-order valence-electron chi connectivity index (χ4n) is 2.45. The predicted molar refractivity (Wildman–Crippen MR) is 79.3 cm³/mol. The molecule has 0 saturated carbocycles. The summed E-state index contributed by atoms with van der Waals surface area (Å²) < 4.78 is 7.00. The van der Waals surface area contributed by atoms with Crippen LogP contribution in [0.15, 0.2) is 42.7 Å². The summed E-state index contributed by atoms with van der Waals surface area (Å²) >= 11 is 0. The molecule has 106 valence electrons. The largest absolute Gasteiger partial charge is 0.497 e. The van der Waals surface area contributed by atoms with Crippen LogP contribution in [-0.4, -0.2) is 27.7 Å². The maximum Gasteiger partial charge on any atom is 0.337 e. The number of aromatic nitrogens is 2. The van der Waals surface area contributed by atoms with E-state index < -0.39 is 5.97 Å². The topological polar surface area (TPSA) is 64.4 Å². The maximum absolute atomic E-state index is 11.4. The number of methoxy groups -OCH3 is 1. The van der Waals surface area contributed by atoms with Gasteiger partial charge in [0.05, 0.1) is 29.4 Å². The third-order valence-corrected chi connectivity index (χ3v) is 3.46. The van der Waals surface area contributed by atoms with Gasteiger partial charge in [-0.1, -0.05) is 6.07 Å². The number of hydrogen-bond donors (Lipinski definition) is 1. The van der Waals surface area contributed by atoms with Gasteiger partial charge < -0.3 is 9.84 Å². The Morgan fingerprint density at radius 2 is 2.10 bits per heavy atom. The number of hydrogen-bond acceptors (Lipinski definition) is 3. The summed E-state index contributed by atoms with van der Waals surface area (Å²) in [6.45, 7) is 1.95. The highest BCUT2D eigenvalue weighted by atomic mass is 16.5. The number of carboxylic acid groups (broad SMARTS) is 1. The Morgan fingerprint density at radius 3 is 2.76 bits per heavy atom. The van der Waals surface area contributed by atoms with Crippen LogP contribution in [0.3, 0.4) is 0 Å². The van der Waals surface area contributed by atoms with Crippen LogP contribution in [0.2, 0.25) is 0 Å². The lowest BCUT2D eigenvalue weighted by molar-refractivity contribution is 0.0698. The molecule has 0 atom stereocenters. The molecule has 21 heavy (non-hydrogen) atoms. The van der Waals surface area contributed by atoms with Gasteiger partial charge in [0.25, 0.3) is 0 Å². The Bertz CT molecular complexity index is 837. The van der Waals surface area contributed by atoms with Crippen LogP contribution in [0.25, 0.3) is 16.7 Å². The molecule has 3 rings (SSSR count). The first-order valence-corrected chi connectivity index (χ1v) is 6.46. The summed E-state index contributed by atoms with van der Waals surface area (Å²) in [6.07, 6.45) is 1.64. The first kappa shape index (κ1) is 13.2. The summed E-state index contributed by atoms with van der Waals surface area (Å²) in [5.41, 5.74) is 3.35. The summed E-state index contributed by atoms with van der Waals surface area (Å²) in [4.78, 5) is 15.7. The lowest BCUT2D eigenvalue weighted by Gasteiger charge is -2.11. The molecule has 0 unspecified atom stereocenters. The molecule has 5 heteroatoms. The molecule has 0 aliphatic rings. The molecule has 1 heterocycles. The van der Waals surface area contributed by atoms with Crippen LogP contribution in [0, 0.1) is 6.92 Å². The highest BCUT2D eigenvalue weighted by molar-refractivity contribution is 6.01. The lowest BCUT2D eigenvalue weighted by atomic mass is 10.1.